The Hall–Kier alpha value is -2.44. The van der Waals surface area contributed by atoms with Gasteiger partial charge in [-0.15, -0.1) is 5.10 Å². The van der Waals surface area contributed by atoms with E-state index in [0.717, 1.165) is 41.8 Å². The zero-order valence-electron chi connectivity index (χ0n) is 14.8. The lowest BCUT2D eigenvalue weighted by Crippen LogP contribution is -2.41. The molecule has 3 fully saturated rings. The Balaban J connectivity index is 1.17. The predicted octanol–water partition coefficient (Wildman–Crippen LogP) is 2.39. The quantitative estimate of drug-likeness (QED) is 0.762. The largest absolute Gasteiger partial charge is 0.376 e. The topological polar surface area (TPSA) is 84.7 Å². The van der Waals surface area contributed by atoms with E-state index in [1.54, 1.807) is 0 Å². The molecule has 1 amide bonds. The number of hydrogen-bond donors (Lipinski definition) is 2. The van der Waals surface area contributed by atoms with Crippen LogP contribution in [0.5, 0.6) is 0 Å². The fourth-order valence-corrected chi connectivity index (χ4v) is 3.64. The number of carbonyl (C=O) groups is 1. The lowest BCUT2D eigenvalue weighted by atomic mass is 10.1. The van der Waals surface area contributed by atoms with E-state index in [1.807, 2.05) is 28.9 Å². The first-order chi connectivity index (χ1) is 12.8. The van der Waals surface area contributed by atoms with Crippen molar-refractivity contribution in [2.45, 2.75) is 50.6 Å². The van der Waals surface area contributed by atoms with Gasteiger partial charge in [0, 0.05) is 17.3 Å². The summed E-state index contributed by atoms with van der Waals surface area (Å²) in [4.78, 5) is 12.3. The van der Waals surface area contributed by atoms with Crippen LogP contribution < -0.4 is 10.6 Å². The summed E-state index contributed by atoms with van der Waals surface area (Å²) < 4.78 is 1.91. The van der Waals surface area contributed by atoms with Crippen LogP contribution in [0.4, 0.5) is 5.69 Å². The van der Waals surface area contributed by atoms with Gasteiger partial charge in [-0.05, 0) is 85.1 Å². The number of anilines is 1. The molecule has 3 saturated carbocycles. The Labute approximate surface area is 152 Å². The zero-order valence-corrected chi connectivity index (χ0v) is 14.8. The van der Waals surface area contributed by atoms with Crippen LogP contribution in [0.1, 0.15) is 44.6 Å². The molecule has 0 atom stereocenters. The number of aromatic nitrogens is 4. The molecule has 3 aliphatic carbocycles. The summed E-state index contributed by atoms with van der Waals surface area (Å²) >= 11 is 0. The van der Waals surface area contributed by atoms with Gasteiger partial charge in [0.1, 0.15) is 0 Å². The molecule has 1 heterocycles. The van der Waals surface area contributed by atoms with Gasteiger partial charge in [-0.2, -0.15) is 0 Å². The summed E-state index contributed by atoms with van der Waals surface area (Å²) in [6.45, 7) is 0.315. The number of tetrazole rings is 1. The van der Waals surface area contributed by atoms with E-state index in [-0.39, 0.29) is 5.91 Å². The maximum Gasteiger partial charge on any atom is 0.239 e. The molecule has 0 bridgehead atoms. The molecule has 0 unspecified atom stereocenters. The Morgan fingerprint density at radius 3 is 2.38 bits per heavy atom. The molecule has 26 heavy (non-hydrogen) atoms. The predicted molar refractivity (Wildman–Crippen MR) is 97.4 cm³/mol. The zero-order chi connectivity index (χ0) is 17.5. The molecule has 136 valence electrons. The molecular weight excluding hydrogens is 328 g/mol. The molecule has 0 spiro atoms. The second-order valence-corrected chi connectivity index (χ2v) is 7.88. The Kier molecular flexibility index (Phi) is 3.87. The minimum Gasteiger partial charge on any atom is -0.376 e. The van der Waals surface area contributed by atoms with E-state index in [2.05, 4.69) is 26.2 Å². The molecule has 1 aromatic heterocycles. The third-order valence-electron chi connectivity index (χ3n) is 5.57. The molecule has 2 N–H and O–H groups in total. The molecule has 0 aliphatic heterocycles. The monoisotopic (exact) mass is 352 g/mol. The summed E-state index contributed by atoms with van der Waals surface area (Å²) in [6.07, 6.45) is 7.39. The number of benzene rings is 1. The van der Waals surface area contributed by atoms with E-state index in [1.165, 1.54) is 25.7 Å². The molecular formula is C19H24N6O. The molecule has 7 heteroatoms. The smallest absolute Gasteiger partial charge is 0.239 e. The summed E-state index contributed by atoms with van der Waals surface area (Å²) in [5.74, 6) is 2.36. The number of hydrogen-bond acceptors (Lipinski definition) is 5. The summed E-state index contributed by atoms with van der Waals surface area (Å²) in [7, 11) is 0. The number of amides is 1. The average molecular weight is 352 g/mol. The van der Waals surface area contributed by atoms with Gasteiger partial charge in [0.2, 0.25) is 5.91 Å². The van der Waals surface area contributed by atoms with Gasteiger partial charge in [-0.3, -0.25) is 4.79 Å². The van der Waals surface area contributed by atoms with Crippen molar-refractivity contribution in [1.29, 1.82) is 0 Å². The van der Waals surface area contributed by atoms with Crippen molar-refractivity contribution < 1.29 is 4.79 Å². The van der Waals surface area contributed by atoms with Crippen LogP contribution in [-0.2, 0) is 4.79 Å². The second kappa shape index (κ2) is 6.37. The van der Waals surface area contributed by atoms with Crippen molar-refractivity contribution in [1.82, 2.24) is 25.5 Å². The third-order valence-corrected chi connectivity index (χ3v) is 5.57. The summed E-state index contributed by atoms with van der Waals surface area (Å²) in [5, 5.41) is 18.5. The minimum absolute atomic E-state index is 0.0931. The molecule has 7 nitrogen and oxygen atoms in total. The number of nitrogens with zero attached hydrogens (tertiary/aromatic N) is 4. The highest BCUT2D eigenvalue weighted by atomic mass is 16.2. The highest BCUT2D eigenvalue weighted by Crippen LogP contribution is 2.44. The van der Waals surface area contributed by atoms with Crippen molar-refractivity contribution >= 4 is 11.6 Å². The van der Waals surface area contributed by atoms with Crippen LogP contribution in [0.2, 0.25) is 0 Å². The van der Waals surface area contributed by atoms with Crippen molar-refractivity contribution in [2.75, 3.05) is 11.9 Å². The van der Waals surface area contributed by atoms with Crippen molar-refractivity contribution in [3.63, 3.8) is 0 Å². The summed E-state index contributed by atoms with van der Waals surface area (Å²) in [5.41, 5.74) is 1.93. The van der Waals surface area contributed by atoms with Crippen LogP contribution in [0.3, 0.4) is 0 Å². The van der Waals surface area contributed by atoms with Gasteiger partial charge in [0.15, 0.2) is 5.82 Å². The second-order valence-electron chi connectivity index (χ2n) is 7.88. The number of nitrogens with one attached hydrogen (secondary N) is 2. The van der Waals surface area contributed by atoms with Crippen LogP contribution in [-0.4, -0.2) is 38.7 Å². The molecule has 0 radical (unpaired) electrons. The minimum atomic E-state index is 0.0931. The van der Waals surface area contributed by atoms with E-state index >= 15 is 0 Å². The molecule has 3 aliphatic rings. The highest BCUT2D eigenvalue weighted by Gasteiger charge is 2.42. The van der Waals surface area contributed by atoms with E-state index in [0.29, 0.717) is 18.6 Å². The van der Waals surface area contributed by atoms with E-state index < -0.39 is 0 Å². The first-order valence-electron chi connectivity index (χ1n) is 9.69. The number of rotatable bonds is 8. The maximum absolute atomic E-state index is 12.3. The van der Waals surface area contributed by atoms with Gasteiger partial charge in [-0.25, -0.2) is 4.68 Å². The molecule has 1 aromatic carbocycles. The molecule has 5 rings (SSSR count). The van der Waals surface area contributed by atoms with Crippen LogP contribution in [0.15, 0.2) is 24.3 Å². The fourth-order valence-electron chi connectivity index (χ4n) is 3.64. The van der Waals surface area contributed by atoms with Crippen molar-refractivity contribution in [3.05, 3.63) is 24.3 Å². The number of carbonyl (C=O) groups excluding carboxylic acids is 1. The van der Waals surface area contributed by atoms with Gasteiger partial charge in [-0.1, -0.05) is 0 Å². The first kappa shape index (κ1) is 15.8. The van der Waals surface area contributed by atoms with E-state index in [9.17, 15) is 4.79 Å². The Morgan fingerprint density at radius 2 is 1.77 bits per heavy atom. The lowest BCUT2D eigenvalue weighted by Gasteiger charge is -2.18. The van der Waals surface area contributed by atoms with E-state index in [4.69, 9.17) is 0 Å². The lowest BCUT2D eigenvalue weighted by molar-refractivity contribution is -0.120. The standard InChI is InChI=1S/C19H24N6O/c26-17(21-18(12-1-2-12)13-3-4-13)11-20-15-7-5-14(6-8-15)19-22-23-24-25(19)16-9-10-16/h5-8,12-13,16,18,20H,1-4,9-11H2,(H,21,26). The third kappa shape index (κ3) is 3.43. The average Bonchev–Trinajstić information content (AvgIpc) is 3.52. The highest BCUT2D eigenvalue weighted by molar-refractivity contribution is 5.81. The van der Waals surface area contributed by atoms with Crippen LogP contribution in [0, 0.1) is 11.8 Å². The Morgan fingerprint density at radius 1 is 1.08 bits per heavy atom. The van der Waals surface area contributed by atoms with Gasteiger partial charge in [0.05, 0.1) is 12.6 Å². The van der Waals surface area contributed by atoms with Crippen molar-refractivity contribution in [3.8, 4) is 11.4 Å². The fraction of sp³-hybridized carbons (Fsp3) is 0.579. The van der Waals surface area contributed by atoms with Gasteiger partial charge >= 0.3 is 0 Å². The van der Waals surface area contributed by atoms with Gasteiger partial charge < -0.3 is 10.6 Å². The van der Waals surface area contributed by atoms with Gasteiger partial charge in [0.25, 0.3) is 0 Å². The molecule has 0 saturated heterocycles. The molecule has 2 aromatic rings. The SMILES string of the molecule is O=C(CNc1ccc(-c2nnnn2C2CC2)cc1)NC(C1CC1)C1CC1. The van der Waals surface area contributed by atoms with Crippen molar-refractivity contribution in [2.24, 2.45) is 11.8 Å². The normalized spacial score (nSPS) is 19.6. The summed E-state index contributed by atoms with van der Waals surface area (Å²) in [6, 6.07) is 8.83. The van der Waals surface area contributed by atoms with Crippen LogP contribution in [0.25, 0.3) is 11.4 Å². The van der Waals surface area contributed by atoms with Crippen LogP contribution >= 0.6 is 0 Å². The Bertz CT molecular complexity index is 777. The first-order valence-corrected chi connectivity index (χ1v) is 9.69. The maximum atomic E-state index is 12.3.